The Morgan fingerprint density at radius 2 is 1.74 bits per heavy atom. The van der Waals surface area contributed by atoms with Gasteiger partial charge in [0.15, 0.2) is 5.71 Å². The summed E-state index contributed by atoms with van der Waals surface area (Å²) in [5, 5.41) is 23.7. The Balaban J connectivity index is 1.58. The lowest BCUT2D eigenvalue weighted by molar-refractivity contribution is -0.137. The summed E-state index contributed by atoms with van der Waals surface area (Å²) in [4.78, 5) is 25.7. The van der Waals surface area contributed by atoms with Gasteiger partial charge in [0.05, 0.1) is 27.5 Å². The number of amides is 1. The molecule has 3 N–H and O–H groups in total. The molecule has 42 heavy (non-hydrogen) atoms. The molecule has 1 aliphatic rings. The number of nitrogens with zero attached hydrogens (tertiary/aromatic N) is 2. The van der Waals surface area contributed by atoms with E-state index in [1.165, 1.54) is 18.2 Å². The smallest absolute Gasteiger partial charge is 0.505 e. The van der Waals surface area contributed by atoms with Crippen molar-refractivity contribution in [2.24, 2.45) is 5.10 Å². The van der Waals surface area contributed by atoms with Crippen LogP contribution >= 0.6 is 11.6 Å². The van der Waals surface area contributed by atoms with Gasteiger partial charge >= 0.3 is 12.3 Å². The van der Waals surface area contributed by atoms with E-state index in [0.717, 1.165) is 28.2 Å². The van der Waals surface area contributed by atoms with E-state index >= 15 is 0 Å². The molecule has 0 atom stereocenters. The Morgan fingerprint density at radius 1 is 1.00 bits per heavy atom. The monoisotopic (exact) mass is 595 g/mol. The second-order valence-electron chi connectivity index (χ2n) is 9.43. The van der Waals surface area contributed by atoms with E-state index in [9.17, 15) is 27.9 Å². The number of anilines is 3. The molecule has 12 heteroatoms. The van der Waals surface area contributed by atoms with Crippen LogP contribution in [0.3, 0.4) is 0 Å². The average molecular weight is 596 g/mol. The quantitative estimate of drug-likeness (QED) is 0.0936. The third-order valence-electron chi connectivity index (χ3n) is 6.70. The van der Waals surface area contributed by atoms with E-state index in [-0.39, 0.29) is 39.2 Å². The first-order valence-electron chi connectivity index (χ1n) is 12.3. The molecule has 0 aliphatic carbocycles. The zero-order valence-electron chi connectivity index (χ0n) is 22.0. The number of halogens is 4. The number of hydrogen-bond donors (Lipinski definition) is 3. The molecule has 1 heterocycles. The van der Waals surface area contributed by atoms with Crippen LogP contribution in [0, 0.1) is 13.8 Å². The highest BCUT2D eigenvalue weighted by molar-refractivity contribution is 6.58. The summed E-state index contributed by atoms with van der Waals surface area (Å²) in [6, 6.07) is 17.3. The minimum absolute atomic E-state index is 0.00504. The normalized spacial score (nSPS) is 13.8. The van der Waals surface area contributed by atoms with Crippen LogP contribution in [-0.2, 0) is 11.0 Å². The number of carbonyl (C=O) groups excluding carboxylic acids is 1. The number of aryl methyl sites for hydroxylation is 2. The molecule has 8 nitrogen and oxygen atoms in total. The largest absolute Gasteiger partial charge is 0.511 e. The van der Waals surface area contributed by atoms with Gasteiger partial charge in [0.2, 0.25) is 0 Å². The van der Waals surface area contributed by atoms with Crippen LogP contribution in [0.5, 0.6) is 11.5 Å². The Kier molecular flexibility index (Phi) is 7.29. The number of phenolic OH excluding ortho intramolecular Hbond substituents is 1. The van der Waals surface area contributed by atoms with Gasteiger partial charge in [0.1, 0.15) is 11.5 Å². The predicted molar refractivity (Wildman–Crippen MR) is 152 cm³/mol. The van der Waals surface area contributed by atoms with Crippen molar-refractivity contribution < 1.29 is 37.7 Å². The minimum atomic E-state index is -4.71. The van der Waals surface area contributed by atoms with Gasteiger partial charge in [-0.15, -0.1) is 0 Å². The van der Waals surface area contributed by atoms with E-state index in [1.54, 1.807) is 42.5 Å². The number of alkyl halides is 3. The number of ether oxygens (including phenoxy) is 1. The van der Waals surface area contributed by atoms with Crippen LogP contribution in [0.4, 0.5) is 35.0 Å². The van der Waals surface area contributed by atoms with Crippen LogP contribution in [0.1, 0.15) is 22.3 Å². The van der Waals surface area contributed by atoms with Gasteiger partial charge in [0, 0.05) is 11.3 Å². The minimum Gasteiger partial charge on any atom is -0.505 e. The number of hydrogen-bond acceptors (Lipinski definition) is 6. The summed E-state index contributed by atoms with van der Waals surface area (Å²) in [6.45, 7) is 3.68. The Labute approximate surface area is 242 Å². The van der Waals surface area contributed by atoms with Gasteiger partial charge in [-0.1, -0.05) is 41.9 Å². The van der Waals surface area contributed by atoms with Crippen molar-refractivity contribution in [1.82, 2.24) is 0 Å². The second kappa shape index (κ2) is 10.7. The molecule has 5 rings (SSSR count). The van der Waals surface area contributed by atoms with Crippen molar-refractivity contribution in [1.29, 1.82) is 0 Å². The summed E-state index contributed by atoms with van der Waals surface area (Å²) in [5.74, 6) is -0.980. The van der Waals surface area contributed by atoms with Crippen molar-refractivity contribution in [3.8, 4) is 22.6 Å². The van der Waals surface area contributed by atoms with Gasteiger partial charge in [-0.3, -0.25) is 15.1 Å². The van der Waals surface area contributed by atoms with Crippen molar-refractivity contribution >= 4 is 46.4 Å². The van der Waals surface area contributed by atoms with Crippen molar-refractivity contribution in [3.63, 3.8) is 0 Å². The lowest BCUT2D eigenvalue weighted by Gasteiger charge is -2.19. The fourth-order valence-electron chi connectivity index (χ4n) is 4.52. The number of benzene rings is 4. The Hall–Kier alpha value is -5.03. The van der Waals surface area contributed by atoms with Crippen LogP contribution in [0.2, 0.25) is 5.02 Å². The van der Waals surface area contributed by atoms with Crippen molar-refractivity contribution in [3.05, 3.63) is 100 Å². The van der Waals surface area contributed by atoms with E-state index in [0.29, 0.717) is 16.8 Å². The van der Waals surface area contributed by atoms with Crippen LogP contribution in [0.15, 0.2) is 77.9 Å². The molecule has 0 radical (unpaired) electrons. The molecule has 1 aliphatic heterocycles. The number of aromatic hydroxyl groups is 1. The Morgan fingerprint density at radius 3 is 2.43 bits per heavy atom. The number of nitrogens with one attached hydrogen (secondary N) is 1. The van der Waals surface area contributed by atoms with Gasteiger partial charge < -0.3 is 14.9 Å². The van der Waals surface area contributed by atoms with Gasteiger partial charge in [-0.2, -0.15) is 18.3 Å². The lowest BCUT2D eigenvalue weighted by atomic mass is 10.0. The fourth-order valence-corrected chi connectivity index (χ4v) is 4.83. The number of carbonyl (C=O) groups is 2. The van der Waals surface area contributed by atoms with Crippen molar-refractivity contribution in [2.45, 2.75) is 20.0 Å². The number of phenols is 1. The van der Waals surface area contributed by atoms with Crippen LogP contribution in [-0.4, -0.2) is 28.0 Å². The molecule has 0 saturated heterocycles. The topological polar surface area (TPSA) is 111 Å². The summed E-state index contributed by atoms with van der Waals surface area (Å²) in [5.41, 5.74) is 4.11. The van der Waals surface area contributed by atoms with Gasteiger partial charge in [-0.05, 0) is 73.0 Å². The first-order chi connectivity index (χ1) is 19.8. The van der Waals surface area contributed by atoms with Crippen LogP contribution in [0.25, 0.3) is 11.1 Å². The molecule has 0 spiro atoms. The van der Waals surface area contributed by atoms with E-state index in [2.05, 4.69) is 15.3 Å². The molecule has 0 aromatic heterocycles. The molecule has 0 bridgehead atoms. The molecular formula is C30H21ClF3N3O5. The number of hydrazone groups is 1. The summed E-state index contributed by atoms with van der Waals surface area (Å²) in [6.07, 6.45) is -6.21. The predicted octanol–water partition coefficient (Wildman–Crippen LogP) is 7.90. The molecule has 0 fully saturated rings. The molecular weight excluding hydrogens is 575 g/mol. The summed E-state index contributed by atoms with van der Waals surface area (Å²) >= 11 is 6.33. The molecule has 1 amide bonds. The number of carboxylic acid groups (broad SMARTS) is 1. The third-order valence-corrected chi connectivity index (χ3v) is 7.00. The molecule has 0 saturated carbocycles. The first kappa shape index (κ1) is 28.5. The zero-order chi connectivity index (χ0) is 30.3. The zero-order valence-corrected chi connectivity index (χ0v) is 22.7. The number of para-hydroxylation sites is 1. The van der Waals surface area contributed by atoms with E-state index in [4.69, 9.17) is 16.7 Å². The maximum Gasteiger partial charge on any atom is 0.511 e. The highest BCUT2D eigenvalue weighted by Gasteiger charge is 2.41. The summed E-state index contributed by atoms with van der Waals surface area (Å²) in [7, 11) is 0. The number of fused-ring (bicyclic) bond motifs is 1. The highest BCUT2D eigenvalue weighted by Crippen LogP contribution is 2.44. The maximum absolute atomic E-state index is 13.7. The van der Waals surface area contributed by atoms with E-state index < -0.39 is 23.8 Å². The molecule has 0 unspecified atom stereocenters. The SMILES string of the molecule is Cc1ccc(N2C(=O)C(=NNc3cccc(-c4cccc(OC(=O)O)c4)c3O)c3c(Cl)cc(C(F)(F)F)cc32)cc1C. The van der Waals surface area contributed by atoms with E-state index in [1.807, 2.05) is 13.8 Å². The van der Waals surface area contributed by atoms with Gasteiger partial charge in [-0.25, -0.2) is 4.79 Å². The third kappa shape index (κ3) is 5.34. The lowest BCUT2D eigenvalue weighted by Crippen LogP contribution is -2.26. The molecule has 4 aromatic rings. The molecule has 214 valence electrons. The molecule has 4 aromatic carbocycles. The van der Waals surface area contributed by atoms with Crippen LogP contribution < -0.4 is 15.1 Å². The highest BCUT2D eigenvalue weighted by atomic mass is 35.5. The fraction of sp³-hybridized carbons (Fsp3) is 0.100. The first-order valence-corrected chi connectivity index (χ1v) is 12.7. The standard InChI is InChI=1S/C30H21ClF3N3O5/c1-15-9-10-19(11-16(15)2)37-24-14-18(30(32,33)34)13-22(31)25(24)26(28(37)39)36-35-23-8-4-7-21(27(23)38)17-5-3-6-20(12-17)42-29(40)41/h3-14,35,38H,1-2H3,(H,40,41). The number of rotatable bonds is 5. The second-order valence-corrected chi connectivity index (χ2v) is 9.84. The summed E-state index contributed by atoms with van der Waals surface area (Å²) < 4.78 is 45.7. The van der Waals surface area contributed by atoms with Crippen molar-refractivity contribution in [2.75, 3.05) is 10.3 Å². The Bertz CT molecular complexity index is 1790. The van der Waals surface area contributed by atoms with Gasteiger partial charge in [0.25, 0.3) is 5.91 Å². The maximum atomic E-state index is 13.7. The average Bonchev–Trinajstić information content (AvgIpc) is 3.20.